The summed E-state index contributed by atoms with van der Waals surface area (Å²) in [5, 5.41) is 3.47. The number of rotatable bonds is 9. The molecule has 0 amide bonds. The number of benzene rings is 1. The Morgan fingerprint density at radius 1 is 1.24 bits per heavy atom. The molecule has 1 rings (SSSR count). The minimum absolute atomic E-state index is 0.164. The summed E-state index contributed by atoms with van der Waals surface area (Å²) in [4.78, 5) is 0. The molecule has 0 saturated heterocycles. The van der Waals surface area contributed by atoms with E-state index in [4.69, 9.17) is 4.74 Å². The summed E-state index contributed by atoms with van der Waals surface area (Å²) >= 11 is 0. The van der Waals surface area contributed by atoms with Gasteiger partial charge in [0.05, 0.1) is 7.11 Å². The lowest BCUT2D eigenvalue weighted by Gasteiger charge is -2.25. The van der Waals surface area contributed by atoms with Gasteiger partial charge in [-0.1, -0.05) is 33.8 Å². The predicted octanol–water partition coefficient (Wildman–Crippen LogP) is 4.43. The van der Waals surface area contributed by atoms with E-state index in [2.05, 4.69) is 33.0 Å². The van der Waals surface area contributed by atoms with Gasteiger partial charge in [-0.3, -0.25) is 0 Å². The van der Waals surface area contributed by atoms with Crippen molar-refractivity contribution in [2.24, 2.45) is 11.3 Å². The lowest BCUT2D eigenvalue weighted by molar-refractivity contribution is 0.298. The summed E-state index contributed by atoms with van der Waals surface area (Å²) in [5.74, 6) is 1.10. The molecule has 1 aromatic rings. The van der Waals surface area contributed by atoms with Crippen molar-refractivity contribution < 1.29 is 9.13 Å². The van der Waals surface area contributed by atoms with E-state index in [9.17, 15) is 4.39 Å². The quantitative estimate of drug-likeness (QED) is 0.681. The molecular formula is C18H30FNO. The van der Waals surface area contributed by atoms with Crippen LogP contribution in [0.15, 0.2) is 18.2 Å². The molecule has 0 saturated carbocycles. The Morgan fingerprint density at radius 3 is 2.52 bits per heavy atom. The van der Waals surface area contributed by atoms with Crippen LogP contribution in [-0.4, -0.2) is 20.2 Å². The fourth-order valence-electron chi connectivity index (χ4n) is 2.27. The van der Waals surface area contributed by atoms with Crippen molar-refractivity contribution in [1.82, 2.24) is 5.32 Å². The van der Waals surface area contributed by atoms with Crippen LogP contribution >= 0.6 is 0 Å². The van der Waals surface area contributed by atoms with E-state index in [1.165, 1.54) is 6.07 Å². The Balaban J connectivity index is 2.42. The molecule has 21 heavy (non-hydrogen) atoms. The first-order valence-corrected chi connectivity index (χ1v) is 7.87. The minimum Gasteiger partial charge on any atom is -0.497 e. The molecule has 0 aliphatic carbocycles. The SMILES string of the molecule is COc1ccc(CCC(C)(C)CCNCC(C)C)c(F)c1. The Bertz CT molecular complexity index is 429. The smallest absolute Gasteiger partial charge is 0.130 e. The van der Waals surface area contributed by atoms with Crippen LogP contribution in [0.4, 0.5) is 4.39 Å². The zero-order chi connectivity index (χ0) is 15.9. The third kappa shape index (κ3) is 6.94. The molecule has 0 aliphatic heterocycles. The van der Waals surface area contributed by atoms with Crippen LogP contribution in [0.25, 0.3) is 0 Å². The van der Waals surface area contributed by atoms with Gasteiger partial charge in [-0.05, 0) is 55.3 Å². The third-order valence-electron chi connectivity index (χ3n) is 3.86. The Hall–Kier alpha value is -1.09. The highest BCUT2D eigenvalue weighted by atomic mass is 19.1. The average molecular weight is 295 g/mol. The number of methoxy groups -OCH3 is 1. The summed E-state index contributed by atoms with van der Waals surface area (Å²) in [7, 11) is 1.56. The van der Waals surface area contributed by atoms with Crippen LogP contribution in [0.3, 0.4) is 0 Å². The second-order valence-corrected chi connectivity index (χ2v) is 6.97. The molecular weight excluding hydrogens is 265 g/mol. The van der Waals surface area contributed by atoms with Crippen molar-refractivity contribution in [2.75, 3.05) is 20.2 Å². The number of hydrogen-bond donors (Lipinski definition) is 1. The molecule has 1 aromatic carbocycles. The van der Waals surface area contributed by atoms with Gasteiger partial charge in [-0.2, -0.15) is 0 Å². The Kier molecular flexibility index (Phi) is 7.16. The van der Waals surface area contributed by atoms with Crippen LogP contribution in [0.2, 0.25) is 0 Å². The fraction of sp³-hybridized carbons (Fsp3) is 0.667. The van der Waals surface area contributed by atoms with Crippen molar-refractivity contribution in [3.8, 4) is 5.75 Å². The van der Waals surface area contributed by atoms with Gasteiger partial charge >= 0.3 is 0 Å². The fourth-order valence-corrected chi connectivity index (χ4v) is 2.27. The van der Waals surface area contributed by atoms with Gasteiger partial charge in [0.15, 0.2) is 0 Å². The van der Waals surface area contributed by atoms with Crippen LogP contribution in [0.5, 0.6) is 5.75 Å². The molecule has 120 valence electrons. The van der Waals surface area contributed by atoms with Gasteiger partial charge in [0.2, 0.25) is 0 Å². The highest BCUT2D eigenvalue weighted by Gasteiger charge is 2.18. The second-order valence-electron chi connectivity index (χ2n) is 6.97. The molecule has 0 fully saturated rings. The molecule has 3 heteroatoms. The summed E-state index contributed by atoms with van der Waals surface area (Å²) in [6, 6.07) is 5.13. The number of nitrogens with one attached hydrogen (secondary N) is 1. The first kappa shape index (κ1) is 18.0. The van der Waals surface area contributed by atoms with Crippen molar-refractivity contribution in [2.45, 2.75) is 47.0 Å². The maximum absolute atomic E-state index is 13.9. The second kappa shape index (κ2) is 8.38. The zero-order valence-electron chi connectivity index (χ0n) is 14.1. The minimum atomic E-state index is -0.164. The van der Waals surface area contributed by atoms with Gasteiger partial charge < -0.3 is 10.1 Å². The number of aryl methyl sites for hydroxylation is 1. The van der Waals surface area contributed by atoms with Gasteiger partial charge in [-0.25, -0.2) is 4.39 Å². The zero-order valence-corrected chi connectivity index (χ0v) is 14.1. The molecule has 1 N–H and O–H groups in total. The van der Waals surface area contributed by atoms with Crippen LogP contribution in [-0.2, 0) is 6.42 Å². The first-order chi connectivity index (χ1) is 9.84. The van der Waals surface area contributed by atoms with E-state index in [1.54, 1.807) is 7.11 Å². The maximum atomic E-state index is 13.9. The topological polar surface area (TPSA) is 21.3 Å². The van der Waals surface area contributed by atoms with Gasteiger partial charge in [0, 0.05) is 6.07 Å². The third-order valence-corrected chi connectivity index (χ3v) is 3.86. The molecule has 0 bridgehead atoms. The van der Waals surface area contributed by atoms with E-state index < -0.39 is 0 Å². The molecule has 0 atom stereocenters. The maximum Gasteiger partial charge on any atom is 0.130 e. The molecule has 0 heterocycles. The largest absolute Gasteiger partial charge is 0.497 e. The van der Waals surface area contributed by atoms with Gasteiger partial charge in [-0.15, -0.1) is 0 Å². The summed E-state index contributed by atoms with van der Waals surface area (Å²) in [6.45, 7) is 11.0. The average Bonchev–Trinajstić information content (AvgIpc) is 2.42. The lowest BCUT2D eigenvalue weighted by Crippen LogP contribution is -2.25. The van der Waals surface area contributed by atoms with E-state index in [0.717, 1.165) is 37.9 Å². The molecule has 0 spiro atoms. The number of halogens is 1. The molecule has 0 unspecified atom stereocenters. The van der Waals surface area contributed by atoms with E-state index in [0.29, 0.717) is 11.7 Å². The molecule has 0 aromatic heterocycles. The Labute approximate surface area is 129 Å². The van der Waals surface area contributed by atoms with Crippen molar-refractivity contribution >= 4 is 0 Å². The first-order valence-electron chi connectivity index (χ1n) is 7.87. The molecule has 0 aliphatic rings. The number of ether oxygens (including phenoxy) is 1. The predicted molar refractivity (Wildman–Crippen MR) is 87.4 cm³/mol. The van der Waals surface area contributed by atoms with Gasteiger partial charge in [0.25, 0.3) is 0 Å². The van der Waals surface area contributed by atoms with Crippen LogP contribution in [0.1, 0.15) is 46.1 Å². The van der Waals surface area contributed by atoms with Crippen molar-refractivity contribution in [3.63, 3.8) is 0 Å². The monoisotopic (exact) mass is 295 g/mol. The van der Waals surface area contributed by atoms with E-state index >= 15 is 0 Å². The standard InChI is InChI=1S/C18H30FNO/c1-14(2)13-20-11-10-18(3,4)9-8-15-6-7-16(21-5)12-17(15)19/h6-7,12,14,20H,8-11,13H2,1-5H3. The highest BCUT2D eigenvalue weighted by Crippen LogP contribution is 2.28. The van der Waals surface area contributed by atoms with E-state index in [-0.39, 0.29) is 11.2 Å². The van der Waals surface area contributed by atoms with Crippen LogP contribution < -0.4 is 10.1 Å². The normalized spacial score (nSPS) is 12.0. The molecule has 0 radical (unpaired) electrons. The number of hydrogen-bond acceptors (Lipinski definition) is 2. The van der Waals surface area contributed by atoms with E-state index in [1.807, 2.05) is 12.1 Å². The summed E-state index contributed by atoms with van der Waals surface area (Å²) in [5.41, 5.74) is 0.995. The lowest BCUT2D eigenvalue weighted by atomic mass is 9.83. The molecule has 2 nitrogen and oxygen atoms in total. The van der Waals surface area contributed by atoms with Crippen LogP contribution in [0, 0.1) is 17.2 Å². The van der Waals surface area contributed by atoms with Gasteiger partial charge in [0.1, 0.15) is 11.6 Å². The summed E-state index contributed by atoms with van der Waals surface area (Å²) < 4.78 is 18.9. The Morgan fingerprint density at radius 2 is 1.95 bits per heavy atom. The highest BCUT2D eigenvalue weighted by molar-refractivity contribution is 5.29. The summed E-state index contributed by atoms with van der Waals surface area (Å²) in [6.07, 6.45) is 2.87. The van der Waals surface area contributed by atoms with Crippen molar-refractivity contribution in [3.05, 3.63) is 29.6 Å². The van der Waals surface area contributed by atoms with Crippen molar-refractivity contribution in [1.29, 1.82) is 0 Å².